The molecule has 2 rings (SSSR count). The molecule has 0 saturated carbocycles. The highest BCUT2D eigenvalue weighted by Crippen LogP contribution is 2.26. The van der Waals surface area contributed by atoms with Gasteiger partial charge in [0.2, 0.25) is 5.84 Å². The number of hydrogen-bond acceptors (Lipinski definition) is 3. The quantitative estimate of drug-likeness (QED) is 0.530. The van der Waals surface area contributed by atoms with E-state index in [0.717, 1.165) is 18.0 Å². The van der Waals surface area contributed by atoms with E-state index in [1.165, 1.54) is 0 Å². The van der Waals surface area contributed by atoms with Gasteiger partial charge < -0.3 is 4.90 Å². The van der Waals surface area contributed by atoms with Crippen LogP contribution in [0.3, 0.4) is 0 Å². The minimum Gasteiger partial charge on any atom is -0.318 e. The predicted octanol–water partition coefficient (Wildman–Crippen LogP) is 1.63. The summed E-state index contributed by atoms with van der Waals surface area (Å²) in [6.07, 6.45) is 3.85. The molecule has 0 amide bonds. The second kappa shape index (κ2) is 2.98. The maximum atomic E-state index is 3.96. The van der Waals surface area contributed by atoms with Gasteiger partial charge in [-0.3, -0.25) is 0 Å². The minimum atomic E-state index is 0.104. The molecule has 3 nitrogen and oxygen atoms in total. The van der Waals surface area contributed by atoms with Crippen molar-refractivity contribution in [2.45, 2.75) is 20.8 Å². The van der Waals surface area contributed by atoms with Crippen molar-refractivity contribution < 1.29 is 0 Å². The molecule has 0 aromatic heterocycles. The normalized spacial score (nSPS) is 19.2. The summed E-state index contributed by atoms with van der Waals surface area (Å²) < 4.78 is 0. The fourth-order valence-electron chi connectivity index (χ4n) is 1.27. The van der Waals surface area contributed by atoms with E-state index in [0.29, 0.717) is 0 Å². The van der Waals surface area contributed by atoms with Gasteiger partial charge >= 0.3 is 0 Å². The third-order valence-corrected chi connectivity index (χ3v) is 2.19. The van der Waals surface area contributed by atoms with Gasteiger partial charge in [0.25, 0.3) is 0 Å². The van der Waals surface area contributed by atoms with Crippen LogP contribution < -0.4 is 0 Å². The van der Waals surface area contributed by atoms with Crippen LogP contribution in [0.4, 0.5) is 0 Å². The fourth-order valence-corrected chi connectivity index (χ4v) is 1.27. The molecule has 0 bridgehead atoms. The van der Waals surface area contributed by atoms with E-state index in [2.05, 4.69) is 49.0 Å². The van der Waals surface area contributed by atoms with Crippen LogP contribution in [0.2, 0.25) is 0 Å². The van der Waals surface area contributed by atoms with Crippen molar-refractivity contribution in [1.29, 1.82) is 0 Å². The molecule has 0 atom stereocenters. The van der Waals surface area contributed by atoms with Crippen molar-refractivity contribution in [3.63, 3.8) is 0 Å². The number of amidine groups is 1. The topological polar surface area (TPSA) is 28.0 Å². The van der Waals surface area contributed by atoms with Gasteiger partial charge in [-0.15, -0.1) is 5.10 Å². The molecule has 0 spiro atoms. The number of rotatable bonds is 0. The second-order valence-electron chi connectivity index (χ2n) is 4.42. The smallest absolute Gasteiger partial charge is 0.207 e. The molecular weight excluding hydrogens is 174 g/mol. The van der Waals surface area contributed by atoms with E-state index in [9.17, 15) is 0 Å². The molecule has 0 saturated heterocycles. The van der Waals surface area contributed by atoms with E-state index in [1.54, 1.807) is 6.21 Å². The van der Waals surface area contributed by atoms with Crippen molar-refractivity contribution >= 4 is 12.1 Å². The Morgan fingerprint density at radius 2 is 2.14 bits per heavy atom. The van der Waals surface area contributed by atoms with Gasteiger partial charge in [-0.1, -0.05) is 26.7 Å². The third kappa shape index (κ3) is 1.56. The molecule has 72 valence electrons. The number of nitrogens with zero attached hydrogens (tertiary/aromatic N) is 3. The Labute approximate surface area is 84.2 Å². The van der Waals surface area contributed by atoms with Crippen LogP contribution in [0.15, 0.2) is 22.0 Å². The Hall–Kier alpha value is -1.56. The lowest BCUT2D eigenvalue weighted by Gasteiger charge is -2.26. The molecule has 3 heteroatoms. The first-order chi connectivity index (χ1) is 6.57. The molecular formula is C11H13N3. The van der Waals surface area contributed by atoms with E-state index in [4.69, 9.17) is 0 Å². The lowest BCUT2D eigenvalue weighted by molar-refractivity contribution is 0.500. The van der Waals surface area contributed by atoms with Gasteiger partial charge in [-0.05, 0) is 11.3 Å². The molecule has 0 aromatic rings. The first-order valence-corrected chi connectivity index (χ1v) is 4.68. The second-order valence-corrected chi connectivity index (χ2v) is 4.42. The zero-order chi connectivity index (χ0) is 10.2. The Kier molecular flexibility index (Phi) is 1.92. The van der Waals surface area contributed by atoms with Crippen molar-refractivity contribution in [1.82, 2.24) is 4.90 Å². The molecule has 0 radical (unpaired) electrons. The zero-order valence-corrected chi connectivity index (χ0v) is 8.70. The van der Waals surface area contributed by atoms with Gasteiger partial charge in [-0.25, -0.2) is 0 Å². The van der Waals surface area contributed by atoms with Crippen molar-refractivity contribution in [2.75, 3.05) is 6.54 Å². The van der Waals surface area contributed by atoms with Crippen LogP contribution in [0.5, 0.6) is 0 Å². The van der Waals surface area contributed by atoms with Gasteiger partial charge in [-0.2, -0.15) is 5.10 Å². The summed E-state index contributed by atoms with van der Waals surface area (Å²) in [5.74, 6) is 6.90. The lowest BCUT2D eigenvalue weighted by Crippen LogP contribution is -2.32. The maximum absolute atomic E-state index is 3.96. The molecule has 0 aliphatic carbocycles. The van der Waals surface area contributed by atoms with E-state index >= 15 is 0 Å². The molecule has 14 heavy (non-hydrogen) atoms. The Morgan fingerprint density at radius 1 is 1.36 bits per heavy atom. The van der Waals surface area contributed by atoms with E-state index < -0.39 is 0 Å². The molecule has 0 aromatic carbocycles. The average Bonchev–Trinajstić information content (AvgIpc) is 2.16. The third-order valence-electron chi connectivity index (χ3n) is 2.19. The van der Waals surface area contributed by atoms with Gasteiger partial charge in [0.05, 0.1) is 6.54 Å². The summed E-state index contributed by atoms with van der Waals surface area (Å²) in [5.41, 5.74) is 1.25. The Bertz CT molecular complexity index is 396. The summed E-state index contributed by atoms with van der Waals surface area (Å²) in [7, 11) is 0. The first kappa shape index (κ1) is 9.01. The Balaban J connectivity index is 2.34. The van der Waals surface area contributed by atoms with Crippen molar-refractivity contribution in [3.8, 4) is 11.8 Å². The molecule has 0 fully saturated rings. The fraction of sp³-hybridized carbons (Fsp3) is 0.455. The van der Waals surface area contributed by atoms with Crippen LogP contribution >= 0.6 is 0 Å². The molecule has 0 N–H and O–H groups in total. The van der Waals surface area contributed by atoms with E-state index in [-0.39, 0.29) is 5.41 Å². The highest BCUT2D eigenvalue weighted by Gasteiger charge is 2.21. The Morgan fingerprint density at radius 3 is 2.86 bits per heavy atom. The van der Waals surface area contributed by atoms with Crippen LogP contribution in [0, 0.1) is 17.3 Å². The molecule has 2 aliphatic rings. The van der Waals surface area contributed by atoms with Crippen molar-refractivity contribution in [2.24, 2.45) is 15.6 Å². The summed E-state index contributed by atoms with van der Waals surface area (Å²) in [6.45, 7) is 7.25. The summed E-state index contributed by atoms with van der Waals surface area (Å²) in [5, 5.41) is 7.80. The highest BCUT2D eigenvalue weighted by molar-refractivity contribution is 6.02. The number of allylic oxidation sites excluding steroid dienone is 1. The summed E-state index contributed by atoms with van der Waals surface area (Å²) in [6, 6.07) is 0. The van der Waals surface area contributed by atoms with Crippen LogP contribution in [-0.2, 0) is 0 Å². The first-order valence-electron chi connectivity index (χ1n) is 4.68. The monoisotopic (exact) mass is 187 g/mol. The van der Waals surface area contributed by atoms with E-state index in [1.807, 2.05) is 4.90 Å². The molecule has 2 aliphatic heterocycles. The maximum Gasteiger partial charge on any atom is 0.207 e. The lowest BCUT2D eigenvalue weighted by atomic mass is 9.86. The van der Waals surface area contributed by atoms with Crippen LogP contribution in [0.1, 0.15) is 20.8 Å². The molecule has 0 unspecified atom stereocenters. The molecule has 2 heterocycles. The summed E-state index contributed by atoms with van der Waals surface area (Å²) in [4.78, 5) is 2.03. The zero-order valence-electron chi connectivity index (χ0n) is 8.70. The minimum absolute atomic E-state index is 0.104. The highest BCUT2D eigenvalue weighted by atomic mass is 15.3. The van der Waals surface area contributed by atoms with Gasteiger partial charge in [0.1, 0.15) is 0 Å². The number of hydrogen-bond donors (Lipinski definition) is 0. The summed E-state index contributed by atoms with van der Waals surface area (Å²) >= 11 is 0. The van der Waals surface area contributed by atoms with Gasteiger partial charge in [0, 0.05) is 18.0 Å². The standard InChI is InChI=1S/C11H13N3/c1-11(2,3)9-4-5-10-13-12-6-7-14(10)8-9/h6,8H,7H2,1-3H3. The van der Waals surface area contributed by atoms with Gasteiger partial charge in [0.15, 0.2) is 0 Å². The predicted molar refractivity (Wildman–Crippen MR) is 57.9 cm³/mol. The average molecular weight is 187 g/mol. The number of fused-ring (bicyclic) bond motifs is 1. The van der Waals surface area contributed by atoms with Crippen LogP contribution in [-0.4, -0.2) is 23.5 Å². The van der Waals surface area contributed by atoms with Crippen LogP contribution in [0.25, 0.3) is 0 Å². The van der Waals surface area contributed by atoms with Crippen molar-refractivity contribution in [3.05, 3.63) is 11.8 Å². The largest absolute Gasteiger partial charge is 0.318 e. The SMILES string of the molecule is CC(C)(C)C1=CN2CC=NN=C2C#C1.